The van der Waals surface area contributed by atoms with Crippen molar-refractivity contribution in [1.82, 2.24) is 4.98 Å². The molecule has 0 aliphatic heterocycles. The fraction of sp³-hybridized carbons (Fsp3) is 0.167. The Labute approximate surface area is 144 Å². The normalized spacial score (nSPS) is 12.9. The molecule has 1 N–H and O–H groups in total. The number of sulfone groups is 1. The van der Waals surface area contributed by atoms with Crippen LogP contribution in [0.5, 0.6) is 0 Å². The molecule has 0 radical (unpaired) electrons. The van der Waals surface area contributed by atoms with E-state index in [1.54, 1.807) is 25.1 Å². The molecule has 25 heavy (non-hydrogen) atoms. The molecule has 3 rings (SSSR count). The first-order chi connectivity index (χ1) is 11.9. The number of ether oxygens (including phenoxy) is 1. The number of esters is 1. The van der Waals surface area contributed by atoms with Gasteiger partial charge in [-0.2, -0.15) is 0 Å². The second-order valence-corrected chi connectivity index (χ2v) is 7.48. The fourth-order valence-corrected chi connectivity index (χ4v) is 3.96. The van der Waals surface area contributed by atoms with E-state index in [2.05, 4.69) is 4.98 Å². The van der Waals surface area contributed by atoms with Crippen molar-refractivity contribution in [2.24, 2.45) is 0 Å². The van der Waals surface area contributed by atoms with Crippen LogP contribution >= 0.6 is 0 Å². The largest absolute Gasteiger partial charge is 0.439 e. The van der Waals surface area contributed by atoms with Crippen LogP contribution in [0, 0.1) is 5.82 Å². The first-order valence-corrected chi connectivity index (χ1v) is 9.23. The average molecular weight is 361 g/mol. The van der Waals surface area contributed by atoms with Gasteiger partial charge in [0.2, 0.25) is 15.3 Å². The highest BCUT2D eigenvalue weighted by molar-refractivity contribution is 7.91. The highest BCUT2D eigenvalue weighted by Crippen LogP contribution is 2.32. The molecule has 1 aromatic heterocycles. The van der Waals surface area contributed by atoms with Crippen LogP contribution < -0.4 is 0 Å². The Kier molecular flexibility index (Phi) is 4.59. The average Bonchev–Trinajstić information content (AvgIpc) is 3.02. The number of hydrogen-bond acceptors (Lipinski definition) is 4. The number of aromatic amines is 1. The first-order valence-electron chi connectivity index (χ1n) is 7.68. The molecule has 130 valence electrons. The molecule has 0 saturated heterocycles. The smallest absolute Gasteiger partial charge is 0.307 e. The maximum absolute atomic E-state index is 13.4. The summed E-state index contributed by atoms with van der Waals surface area (Å²) in [7, 11) is -3.99. The fourth-order valence-electron chi connectivity index (χ4n) is 2.48. The van der Waals surface area contributed by atoms with Gasteiger partial charge in [0, 0.05) is 17.3 Å². The van der Waals surface area contributed by atoms with Gasteiger partial charge in [-0.15, -0.1) is 0 Å². The molecule has 0 fully saturated rings. The molecule has 0 bridgehead atoms. The lowest BCUT2D eigenvalue weighted by Gasteiger charge is -2.17. The molecule has 5 nitrogen and oxygen atoms in total. The Morgan fingerprint density at radius 2 is 1.88 bits per heavy atom. The van der Waals surface area contributed by atoms with Crippen LogP contribution in [0.2, 0.25) is 0 Å². The van der Waals surface area contributed by atoms with E-state index >= 15 is 0 Å². The topological polar surface area (TPSA) is 76.2 Å². The van der Waals surface area contributed by atoms with Gasteiger partial charge in [-0.05, 0) is 36.4 Å². The third-order valence-corrected chi connectivity index (χ3v) is 5.58. The molecule has 1 atom stereocenters. The van der Waals surface area contributed by atoms with Crippen molar-refractivity contribution in [2.45, 2.75) is 23.7 Å². The zero-order chi connectivity index (χ0) is 18.0. The number of aromatic nitrogens is 1. The van der Waals surface area contributed by atoms with E-state index in [9.17, 15) is 17.6 Å². The number of hydrogen-bond donors (Lipinski definition) is 1. The maximum Gasteiger partial charge on any atom is 0.307 e. The molecule has 0 aliphatic rings. The van der Waals surface area contributed by atoms with Crippen molar-refractivity contribution >= 4 is 26.7 Å². The van der Waals surface area contributed by atoms with Crippen molar-refractivity contribution in [2.75, 3.05) is 0 Å². The van der Waals surface area contributed by atoms with E-state index in [1.165, 1.54) is 36.4 Å². The van der Waals surface area contributed by atoms with E-state index in [-0.39, 0.29) is 17.0 Å². The summed E-state index contributed by atoms with van der Waals surface area (Å²) in [6.07, 6.45) is 0.0374. The predicted octanol–water partition coefficient (Wildman–Crippen LogP) is 3.73. The van der Waals surface area contributed by atoms with Crippen LogP contribution in [0.3, 0.4) is 0 Å². The van der Waals surface area contributed by atoms with Crippen LogP contribution in [0.1, 0.15) is 24.5 Å². The summed E-state index contributed by atoms with van der Waals surface area (Å²) in [5, 5.41) is 0.496. The quantitative estimate of drug-likeness (QED) is 0.703. The Morgan fingerprint density at radius 3 is 2.56 bits per heavy atom. The monoisotopic (exact) mass is 361 g/mol. The Morgan fingerprint density at radius 1 is 1.16 bits per heavy atom. The second-order valence-electron chi connectivity index (χ2n) is 5.49. The molecular formula is C18H16FNO4S. The number of fused-ring (bicyclic) bond motifs is 1. The summed E-state index contributed by atoms with van der Waals surface area (Å²) in [6.45, 7) is 1.58. The molecule has 0 saturated carbocycles. The van der Waals surface area contributed by atoms with Gasteiger partial charge in [0.15, 0.2) is 0 Å². The number of carbonyl (C=O) groups is 1. The summed E-state index contributed by atoms with van der Waals surface area (Å²) in [6, 6.07) is 13.3. The molecule has 2 aromatic carbocycles. The van der Waals surface area contributed by atoms with E-state index in [0.717, 1.165) is 0 Å². The minimum atomic E-state index is -3.99. The number of H-pyrrole nitrogens is 1. The summed E-state index contributed by atoms with van der Waals surface area (Å²) in [5.41, 5.74) is -0.804. The number of benzene rings is 2. The van der Waals surface area contributed by atoms with E-state index < -0.39 is 27.1 Å². The molecule has 0 aliphatic carbocycles. The van der Waals surface area contributed by atoms with Crippen molar-refractivity contribution in [3.63, 3.8) is 0 Å². The lowest BCUT2D eigenvalue weighted by atomic mass is 10.2. The zero-order valence-electron chi connectivity index (χ0n) is 13.4. The van der Waals surface area contributed by atoms with Crippen LogP contribution in [0.4, 0.5) is 4.39 Å². The van der Waals surface area contributed by atoms with E-state index in [1.807, 2.05) is 0 Å². The van der Waals surface area contributed by atoms with Gasteiger partial charge < -0.3 is 9.72 Å². The van der Waals surface area contributed by atoms with Gasteiger partial charge in [0.05, 0.1) is 10.6 Å². The van der Waals surface area contributed by atoms with Crippen LogP contribution in [-0.2, 0) is 19.4 Å². The number of halogens is 1. The summed E-state index contributed by atoms with van der Waals surface area (Å²) in [5.74, 6) is -1.08. The van der Waals surface area contributed by atoms with Gasteiger partial charge in [0.25, 0.3) is 0 Å². The van der Waals surface area contributed by atoms with Crippen molar-refractivity contribution in [1.29, 1.82) is 0 Å². The first kappa shape index (κ1) is 17.2. The molecule has 0 spiro atoms. The van der Waals surface area contributed by atoms with Crippen LogP contribution in [0.25, 0.3) is 10.9 Å². The number of nitrogens with one attached hydrogen (secondary N) is 1. The lowest BCUT2D eigenvalue weighted by Crippen LogP contribution is -2.20. The highest BCUT2D eigenvalue weighted by atomic mass is 32.2. The molecule has 0 amide bonds. The SMILES string of the molecule is CCC(=O)OC(c1cc2cc(F)ccc2[nH]1)S(=O)(=O)c1ccccc1. The minimum absolute atomic E-state index is 0.0359. The van der Waals surface area contributed by atoms with Gasteiger partial charge in [-0.3, -0.25) is 4.79 Å². The van der Waals surface area contributed by atoms with Gasteiger partial charge in [-0.25, -0.2) is 12.8 Å². The Hall–Kier alpha value is -2.67. The Bertz CT molecular complexity index is 1010. The lowest BCUT2D eigenvalue weighted by molar-refractivity contribution is -0.145. The third-order valence-electron chi connectivity index (χ3n) is 3.74. The second kappa shape index (κ2) is 6.68. The standard InChI is InChI=1S/C18H16FNO4S/c1-2-17(21)24-18(25(22,23)14-6-4-3-5-7-14)16-11-12-10-13(19)8-9-15(12)20-16/h3-11,18,20H,2H2,1H3. The summed E-state index contributed by atoms with van der Waals surface area (Å²) in [4.78, 5) is 14.7. The minimum Gasteiger partial charge on any atom is -0.439 e. The summed E-state index contributed by atoms with van der Waals surface area (Å²) < 4.78 is 44.5. The third kappa shape index (κ3) is 3.41. The predicted molar refractivity (Wildman–Crippen MR) is 91.0 cm³/mol. The molecule has 7 heteroatoms. The van der Waals surface area contributed by atoms with Crippen molar-refractivity contribution in [3.8, 4) is 0 Å². The van der Waals surface area contributed by atoms with Crippen LogP contribution in [0.15, 0.2) is 59.5 Å². The molecular weight excluding hydrogens is 345 g/mol. The van der Waals surface area contributed by atoms with Crippen molar-refractivity contribution < 1.29 is 22.3 Å². The van der Waals surface area contributed by atoms with Crippen LogP contribution in [-0.4, -0.2) is 19.4 Å². The van der Waals surface area contributed by atoms with E-state index in [0.29, 0.717) is 10.9 Å². The van der Waals surface area contributed by atoms with Gasteiger partial charge >= 0.3 is 5.97 Å². The summed E-state index contributed by atoms with van der Waals surface area (Å²) >= 11 is 0. The number of rotatable bonds is 5. The Balaban J connectivity index is 2.12. The molecule has 1 unspecified atom stereocenters. The highest BCUT2D eigenvalue weighted by Gasteiger charge is 2.33. The number of carbonyl (C=O) groups excluding carboxylic acids is 1. The van der Waals surface area contributed by atoms with Gasteiger partial charge in [0.1, 0.15) is 5.82 Å². The van der Waals surface area contributed by atoms with Gasteiger partial charge in [-0.1, -0.05) is 25.1 Å². The maximum atomic E-state index is 13.4. The van der Waals surface area contributed by atoms with E-state index in [4.69, 9.17) is 4.74 Å². The zero-order valence-corrected chi connectivity index (χ0v) is 14.2. The molecule has 3 aromatic rings. The molecule has 1 heterocycles. The van der Waals surface area contributed by atoms with Crippen molar-refractivity contribution in [3.05, 3.63) is 66.1 Å².